The van der Waals surface area contributed by atoms with Gasteiger partial charge < -0.3 is 14.7 Å². The number of hydrogen-bond donors (Lipinski definition) is 0. The monoisotopic (exact) mass is 313 g/mol. The summed E-state index contributed by atoms with van der Waals surface area (Å²) in [6, 6.07) is 4.09. The average molecular weight is 313 g/mol. The lowest BCUT2D eigenvalue weighted by molar-refractivity contribution is 0.311. The summed E-state index contributed by atoms with van der Waals surface area (Å²) in [6.07, 6.45) is 6.33. The van der Waals surface area contributed by atoms with E-state index in [0.29, 0.717) is 0 Å². The molecule has 0 bridgehead atoms. The molecule has 1 aliphatic rings. The topological polar surface area (TPSA) is 61.3 Å². The fourth-order valence-electron chi connectivity index (χ4n) is 2.57. The Morgan fingerprint density at radius 2 is 1.87 bits per heavy atom. The first-order valence-electron chi connectivity index (χ1n) is 7.95. The third-order valence-electron chi connectivity index (χ3n) is 4.20. The highest BCUT2D eigenvalue weighted by Gasteiger charge is 2.17. The highest BCUT2D eigenvalue weighted by atomic mass is 15.4. The molecule has 0 saturated carbocycles. The fourth-order valence-corrected chi connectivity index (χ4v) is 2.57. The molecule has 7 heteroatoms. The molecule has 1 aliphatic heterocycles. The lowest BCUT2D eigenvalue weighted by atomic mass is 10.2. The Morgan fingerprint density at radius 3 is 2.61 bits per heavy atom. The predicted octanol–water partition coefficient (Wildman–Crippen LogP) is 0.697. The molecule has 0 aromatic carbocycles. The fraction of sp³-hybridized carbons (Fsp3) is 0.500. The predicted molar refractivity (Wildman–Crippen MR) is 90.7 cm³/mol. The Hall–Kier alpha value is -2.28. The number of nitrogens with zero attached hydrogens (tertiary/aromatic N) is 7. The van der Waals surface area contributed by atoms with Crippen LogP contribution < -0.4 is 9.80 Å². The van der Waals surface area contributed by atoms with Crippen LogP contribution in [0.15, 0.2) is 30.7 Å². The van der Waals surface area contributed by atoms with Gasteiger partial charge in [-0.3, -0.25) is 4.98 Å². The van der Waals surface area contributed by atoms with Crippen LogP contribution >= 0.6 is 0 Å². The van der Waals surface area contributed by atoms with Crippen molar-refractivity contribution in [3.05, 3.63) is 36.3 Å². The van der Waals surface area contributed by atoms with Gasteiger partial charge in [0.1, 0.15) is 0 Å². The molecule has 2 aromatic rings. The molecule has 7 nitrogen and oxygen atoms in total. The normalized spacial score (nSPS) is 15.7. The Labute approximate surface area is 137 Å². The molecule has 0 spiro atoms. The summed E-state index contributed by atoms with van der Waals surface area (Å²) in [4.78, 5) is 15.4. The molecule has 0 atom stereocenters. The molecule has 1 fully saturated rings. The van der Waals surface area contributed by atoms with Crippen LogP contribution in [0, 0.1) is 0 Å². The van der Waals surface area contributed by atoms with Crippen molar-refractivity contribution in [1.29, 1.82) is 0 Å². The van der Waals surface area contributed by atoms with Crippen LogP contribution in [0.4, 0.5) is 11.8 Å². The Kier molecular flexibility index (Phi) is 4.97. The summed E-state index contributed by atoms with van der Waals surface area (Å²) in [5, 5.41) is 8.34. The standard InChI is InChI=1S/C16H23N7/c1-21-9-11-23(12-10-21)16-19-15(13-18-20-16)22(2)8-5-14-3-6-17-7-4-14/h3-4,6-7,13H,5,8-12H2,1-2H3. The number of anilines is 2. The van der Waals surface area contributed by atoms with Crippen LogP contribution in [0.3, 0.4) is 0 Å². The van der Waals surface area contributed by atoms with Crippen LogP contribution in [0.1, 0.15) is 5.56 Å². The Morgan fingerprint density at radius 1 is 1.13 bits per heavy atom. The maximum absolute atomic E-state index is 4.68. The first-order valence-corrected chi connectivity index (χ1v) is 7.95. The summed E-state index contributed by atoms with van der Waals surface area (Å²) in [5.41, 5.74) is 1.27. The SMILES string of the molecule is CN1CCN(c2nncc(N(C)CCc3ccncc3)n2)CC1. The van der Waals surface area contributed by atoms with E-state index in [1.165, 1.54) is 5.56 Å². The van der Waals surface area contributed by atoms with E-state index in [9.17, 15) is 0 Å². The van der Waals surface area contributed by atoms with E-state index >= 15 is 0 Å². The minimum absolute atomic E-state index is 0.728. The van der Waals surface area contributed by atoms with Gasteiger partial charge in [-0.05, 0) is 31.2 Å². The van der Waals surface area contributed by atoms with Crippen molar-refractivity contribution in [2.24, 2.45) is 0 Å². The molecule has 1 saturated heterocycles. The zero-order valence-corrected chi connectivity index (χ0v) is 13.8. The second-order valence-electron chi connectivity index (χ2n) is 5.93. The molecule has 2 aromatic heterocycles. The molecular formula is C16H23N7. The maximum Gasteiger partial charge on any atom is 0.247 e. The van der Waals surface area contributed by atoms with Gasteiger partial charge in [-0.15, -0.1) is 5.10 Å². The molecule has 3 rings (SSSR count). The lowest BCUT2D eigenvalue weighted by Crippen LogP contribution is -2.45. The van der Waals surface area contributed by atoms with Crippen LogP contribution in [-0.4, -0.2) is 71.9 Å². The quantitative estimate of drug-likeness (QED) is 0.805. The highest BCUT2D eigenvalue weighted by molar-refractivity contribution is 5.41. The van der Waals surface area contributed by atoms with Gasteiger partial charge in [-0.1, -0.05) is 0 Å². The van der Waals surface area contributed by atoms with Crippen molar-refractivity contribution in [2.45, 2.75) is 6.42 Å². The molecular weight excluding hydrogens is 290 g/mol. The third kappa shape index (κ3) is 4.13. The van der Waals surface area contributed by atoms with Crippen molar-refractivity contribution in [1.82, 2.24) is 25.1 Å². The summed E-state index contributed by atoms with van der Waals surface area (Å²) in [5.74, 6) is 1.59. The lowest BCUT2D eigenvalue weighted by Gasteiger charge is -2.32. The van der Waals surface area contributed by atoms with Crippen molar-refractivity contribution in [3.8, 4) is 0 Å². The third-order valence-corrected chi connectivity index (χ3v) is 4.20. The number of hydrogen-bond acceptors (Lipinski definition) is 7. The number of pyridine rings is 1. The number of likely N-dealkylation sites (N-methyl/N-ethyl adjacent to an activating group) is 2. The van der Waals surface area contributed by atoms with E-state index in [0.717, 1.165) is 50.9 Å². The van der Waals surface area contributed by atoms with E-state index in [1.54, 1.807) is 6.20 Å². The Bertz CT molecular complexity index is 611. The van der Waals surface area contributed by atoms with E-state index < -0.39 is 0 Å². The van der Waals surface area contributed by atoms with Gasteiger partial charge in [0.2, 0.25) is 5.95 Å². The van der Waals surface area contributed by atoms with Crippen LogP contribution in [0.2, 0.25) is 0 Å². The first-order chi connectivity index (χ1) is 11.2. The second kappa shape index (κ2) is 7.32. The van der Waals surface area contributed by atoms with Crippen molar-refractivity contribution < 1.29 is 0 Å². The summed E-state index contributed by atoms with van der Waals surface area (Å²) >= 11 is 0. The average Bonchev–Trinajstić information content (AvgIpc) is 2.61. The Balaban J connectivity index is 1.62. The number of aromatic nitrogens is 4. The molecule has 122 valence electrons. The van der Waals surface area contributed by atoms with Crippen LogP contribution in [0.25, 0.3) is 0 Å². The molecule has 23 heavy (non-hydrogen) atoms. The van der Waals surface area contributed by atoms with Gasteiger partial charge in [0.15, 0.2) is 5.82 Å². The van der Waals surface area contributed by atoms with Crippen molar-refractivity contribution >= 4 is 11.8 Å². The number of piperazine rings is 1. The van der Waals surface area contributed by atoms with Crippen LogP contribution in [0.5, 0.6) is 0 Å². The molecule has 0 N–H and O–H groups in total. The summed E-state index contributed by atoms with van der Waals surface area (Å²) in [7, 11) is 4.18. The minimum atomic E-state index is 0.728. The van der Waals surface area contributed by atoms with E-state index in [4.69, 9.17) is 0 Å². The van der Waals surface area contributed by atoms with E-state index in [-0.39, 0.29) is 0 Å². The summed E-state index contributed by atoms with van der Waals surface area (Å²) < 4.78 is 0. The maximum atomic E-state index is 4.68. The first kappa shape index (κ1) is 15.6. The minimum Gasteiger partial charge on any atom is -0.358 e. The van der Waals surface area contributed by atoms with E-state index in [1.807, 2.05) is 31.6 Å². The molecule has 0 radical (unpaired) electrons. The second-order valence-corrected chi connectivity index (χ2v) is 5.93. The van der Waals surface area contributed by atoms with Gasteiger partial charge >= 0.3 is 0 Å². The smallest absolute Gasteiger partial charge is 0.247 e. The zero-order valence-electron chi connectivity index (χ0n) is 13.8. The molecule has 0 unspecified atom stereocenters. The van der Waals surface area contributed by atoms with Crippen molar-refractivity contribution in [2.75, 3.05) is 56.6 Å². The van der Waals surface area contributed by atoms with Gasteiger partial charge in [-0.2, -0.15) is 10.1 Å². The van der Waals surface area contributed by atoms with Gasteiger partial charge in [0.25, 0.3) is 0 Å². The van der Waals surface area contributed by atoms with Gasteiger partial charge in [0, 0.05) is 52.2 Å². The molecule has 0 amide bonds. The summed E-state index contributed by atoms with van der Waals surface area (Å²) in [6.45, 7) is 4.84. The largest absolute Gasteiger partial charge is 0.358 e. The van der Waals surface area contributed by atoms with E-state index in [2.05, 4.69) is 41.9 Å². The highest BCUT2D eigenvalue weighted by Crippen LogP contribution is 2.14. The van der Waals surface area contributed by atoms with Gasteiger partial charge in [-0.25, -0.2) is 0 Å². The zero-order chi connectivity index (χ0) is 16.1. The molecule has 3 heterocycles. The van der Waals surface area contributed by atoms with Gasteiger partial charge in [0.05, 0.1) is 6.20 Å². The van der Waals surface area contributed by atoms with Crippen molar-refractivity contribution in [3.63, 3.8) is 0 Å². The molecule has 0 aliphatic carbocycles. The number of rotatable bonds is 5. The van der Waals surface area contributed by atoms with Crippen LogP contribution in [-0.2, 0) is 6.42 Å².